The Morgan fingerprint density at radius 3 is 2.86 bits per heavy atom. The van der Waals surface area contributed by atoms with E-state index in [1.807, 2.05) is 18.2 Å². The summed E-state index contributed by atoms with van der Waals surface area (Å²) in [5.41, 5.74) is 3.94. The minimum Gasteiger partial charge on any atom is -0.496 e. The fraction of sp³-hybridized carbons (Fsp3) is 0.333. The number of ether oxygens (including phenoxy) is 1. The normalized spacial score (nSPS) is 18.3. The molecule has 0 aromatic heterocycles. The zero-order chi connectivity index (χ0) is 14.8. The van der Waals surface area contributed by atoms with Gasteiger partial charge in [-0.2, -0.15) is 0 Å². The maximum Gasteiger partial charge on any atom is 0.123 e. The molecule has 0 aliphatic heterocycles. The van der Waals surface area contributed by atoms with Gasteiger partial charge < -0.3 is 10.1 Å². The molecule has 1 aliphatic rings. The Bertz CT molecular complexity index is 641. The third-order valence-corrected chi connectivity index (χ3v) is 4.47. The molecule has 21 heavy (non-hydrogen) atoms. The lowest BCUT2D eigenvalue weighted by molar-refractivity contribution is 0.393. The van der Waals surface area contributed by atoms with Gasteiger partial charge in [-0.1, -0.05) is 35.9 Å². The van der Waals surface area contributed by atoms with Gasteiger partial charge in [0.2, 0.25) is 0 Å². The van der Waals surface area contributed by atoms with Crippen LogP contribution in [0.15, 0.2) is 42.5 Å². The van der Waals surface area contributed by atoms with Gasteiger partial charge in [-0.3, -0.25) is 0 Å². The monoisotopic (exact) mass is 301 g/mol. The lowest BCUT2D eigenvalue weighted by Gasteiger charge is -2.22. The highest BCUT2D eigenvalue weighted by molar-refractivity contribution is 6.30. The number of aryl methyl sites for hydroxylation is 1. The van der Waals surface area contributed by atoms with Gasteiger partial charge in [0.15, 0.2) is 0 Å². The summed E-state index contributed by atoms with van der Waals surface area (Å²) >= 11 is 6.08. The van der Waals surface area contributed by atoms with E-state index in [0.717, 1.165) is 23.6 Å². The second-order valence-electron chi connectivity index (χ2n) is 5.56. The summed E-state index contributed by atoms with van der Waals surface area (Å²) in [5, 5.41) is 4.55. The van der Waals surface area contributed by atoms with Crippen molar-refractivity contribution < 1.29 is 4.74 Å². The third-order valence-electron chi connectivity index (χ3n) is 4.24. The first-order valence-electron chi connectivity index (χ1n) is 7.36. The number of fused-ring (bicyclic) bond motifs is 1. The molecular formula is C18H20ClNO. The molecule has 0 spiro atoms. The zero-order valence-corrected chi connectivity index (χ0v) is 13.2. The Balaban J connectivity index is 1.79. The predicted octanol–water partition coefficient (Wildman–Crippen LogP) is 4.69. The van der Waals surface area contributed by atoms with Crippen molar-refractivity contribution in [2.45, 2.75) is 31.8 Å². The quantitative estimate of drug-likeness (QED) is 0.885. The standard InChI is InChI=1S/C18H20ClNO/c1-12(15-5-3-4-6-18(15)21-2)20-17-10-7-13-11-14(19)8-9-16(13)17/h3-6,8-9,11-12,17,20H,7,10H2,1-2H3/t12-,17?/m0/s1. The number of halogens is 1. The van der Waals surface area contributed by atoms with Crippen molar-refractivity contribution in [3.8, 4) is 5.75 Å². The number of benzene rings is 2. The Hall–Kier alpha value is -1.51. The molecule has 0 saturated heterocycles. The minimum atomic E-state index is 0.243. The molecule has 2 atom stereocenters. The van der Waals surface area contributed by atoms with E-state index in [2.05, 4.69) is 36.5 Å². The van der Waals surface area contributed by atoms with Crippen molar-refractivity contribution in [3.05, 3.63) is 64.2 Å². The van der Waals surface area contributed by atoms with E-state index < -0.39 is 0 Å². The average molecular weight is 302 g/mol. The molecule has 0 amide bonds. The highest BCUT2D eigenvalue weighted by Crippen LogP contribution is 2.35. The van der Waals surface area contributed by atoms with Crippen LogP contribution >= 0.6 is 11.6 Å². The van der Waals surface area contributed by atoms with Gasteiger partial charge in [-0.25, -0.2) is 0 Å². The van der Waals surface area contributed by atoms with Crippen molar-refractivity contribution in [3.63, 3.8) is 0 Å². The summed E-state index contributed by atoms with van der Waals surface area (Å²) in [6.07, 6.45) is 2.21. The molecule has 0 heterocycles. The van der Waals surface area contributed by atoms with E-state index in [1.165, 1.54) is 16.7 Å². The summed E-state index contributed by atoms with van der Waals surface area (Å²) in [7, 11) is 1.72. The van der Waals surface area contributed by atoms with Crippen LogP contribution in [-0.4, -0.2) is 7.11 Å². The van der Waals surface area contributed by atoms with Crippen LogP contribution < -0.4 is 10.1 Å². The number of rotatable bonds is 4. The Kier molecular flexibility index (Phi) is 4.18. The topological polar surface area (TPSA) is 21.3 Å². The Morgan fingerprint density at radius 1 is 1.24 bits per heavy atom. The van der Waals surface area contributed by atoms with Crippen LogP contribution in [-0.2, 0) is 6.42 Å². The lowest BCUT2D eigenvalue weighted by Crippen LogP contribution is -2.23. The average Bonchev–Trinajstić information content (AvgIpc) is 2.89. The van der Waals surface area contributed by atoms with Gasteiger partial charge in [0.05, 0.1) is 7.11 Å². The molecule has 0 fully saturated rings. The molecule has 2 aromatic carbocycles. The smallest absolute Gasteiger partial charge is 0.123 e. The molecule has 0 bridgehead atoms. The molecule has 0 saturated carbocycles. The van der Waals surface area contributed by atoms with Gasteiger partial charge in [-0.05, 0) is 49.1 Å². The van der Waals surface area contributed by atoms with E-state index in [9.17, 15) is 0 Å². The van der Waals surface area contributed by atoms with Crippen LogP contribution in [0.5, 0.6) is 5.75 Å². The molecule has 0 radical (unpaired) electrons. The summed E-state index contributed by atoms with van der Waals surface area (Å²) in [5.74, 6) is 0.937. The lowest BCUT2D eigenvalue weighted by atomic mass is 10.0. The number of methoxy groups -OCH3 is 1. The van der Waals surface area contributed by atoms with Crippen LogP contribution in [0.2, 0.25) is 5.02 Å². The van der Waals surface area contributed by atoms with Gasteiger partial charge >= 0.3 is 0 Å². The van der Waals surface area contributed by atoms with Crippen molar-refractivity contribution in [2.75, 3.05) is 7.11 Å². The third kappa shape index (κ3) is 2.92. The molecule has 1 aliphatic carbocycles. The molecule has 1 N–H and O–H groups in total. The van der Waals surface area contributed by atoms with Crippen LogP contribution in [0.3, 0.4) is 0 Å². The fourth-order valence-electron chi connectivity index (χ4n) is 3.17. The second-order valence-corrected chi connectivity index (χ2v) is 6.00. The highest BCUT2D eigenvalue weighted by atomic mass is 35.5. The van der Waals surface area contributed by atoms with Crippen LogP contribution in [0.1, 0.15) is 42.1 Å². The molecule has 110 valence electrons. The summed E-state index contributed by atoms with van der Waals surface area (Å²) in [4.78, 5) is 0. The first-order chi connectivity index (χ1) is 10.2. The summed E-state index contributed by atoms with van der Waals surface area (Å²) < 4.78 is 5.46. The van der Waals surface area contributed by atoms with E-state index >= 15 is 0 Å². The van der Waals surface area contributed by atoms with Gasteiger partial charge in [0.25, 0.3) is 0 Å². The van der Waals surface area contributed by atoms with Gasteiger partial charge in [0.1, 0.15) is 5.75 Å². The largest absolute Gasteiger partial charge is 0.496 e. The first kappa shape index (κ1) is 14.4. The van der Waals surface area contributed by atoms with Crippen molar-refractivity contribution >= 4 is 11.6 Å². The Morgan fingerprint density at radius 2 is 2.05 bits per heavy atom. The second kappa shape index (κ2) is 6.08. The molecule has 1 unspecified atom stereocenters. The molecule has 2 aromatic rings. The molecule has 3 rings (SSSR count). The van der Waals surface area contributed by atoms with Crippen LogP contribution in [0, 0.1) is 0 Å². The van der Waals surface area contributed by atoms with E-state index in [0.29, 0.717) is 6.04 Å². The van der Waals surface area contributed by atoms with Gasteiger partial charge in [0, 0.05) is 22.7 Å². The number of nitrogens with one attached hydrogen (secondary N) is 1. The van der Waals surface area contributed by atoms with E-state index in [4.69, 9.17) is 16.3 Å². The molecular weight excluding hydrogens is 282 g/mol. The summed E-state index contributed by atoms with van der Waals surface area (Å²) in [6, 6.07) is 15.0. The summed E-state index contributed by atoms with van der Waals surface area (Å²) in [6.45, 7) is 2.19. The Labute approximate surface area is 131 Å². The van der Waals surface area contributed by atoms with E-state index in [-0.39, 0.29) is 6.04 Å². The number of para-hydroxylation sites is 1. The maximum absolute atomic E-state index is 6.08. The predicted molar refractivity (Wildman–Crippen MR) is 87.1 cm³/mol. The van der Waals surface area contributed by atoms with Crippen LogP contribution in [0.25, 0.3) is 0 Å². The number of hydrogen-bond acceptors (Lipinski definition) is 2. The van der Waals surface area contributed by atoms with Gasteiger partial charge in [-0.15, -0.1) is 0 Å². The SMILES string of the molecule is COc1ccccc1[C@H](C)NC1CCc2cc(Cl)ccc21. The molecule has 3 heteroatoms. The van der Waals surface area contributed by atoms with Crippen molar-refractivity contribution in [2.24, 2.45) is 0 Å². The van der Waals surface area contributed by atoms with E-state index in [1.54, 1.807) is 7.11 Å². The van der Waals surface area contributed by atoms with Crippen molar-refractivity contribution in [1.29, 1.82) is 0 Å². The first-order valence-corrected chi connectivity index (χ1v) is 7.74. The zero-order valence-electron chi connectivity index (χ0n) is 12.4. The molecule has 2 nitrogen and oxygen atoms in total. The van der Waals surface area contributed by atoms with Crippen LogP contribution in [0.4, 0.5) is 0 Å². The fourth-order valence-corrected chi connectivity index (χ4v) is 3.37. The number of hydrogen-bond donors (Lipinski definition) is 1. The maximum atomic E-state index is 6.08. The highest BCUT2D eigenvalue weighted by Gasteiger charge is 2.24. The minimum absolute atomic E-state index is 0.243. The van der Waals surface area contributed by atoms with Crippen molar-refractivity contribution in [1.82, 2.24) is 5.32 Å².